The molecule has 0 aliphatic carbocycles. The van der Waals surface area contributed by atoms with Crippen LogP contribution in [0.3, 0.4) is 0 Å². The number of ether oxygens (including phenoxy) is 1. The molecule has 1 aliphatic rings. The Hall–Kier alpha value is -2.78. The number of carbonyl (C=O) groups excluding carboxylic acids is 2. The van der Waals surface area contributed by atoms with E-state index in [9.17, 15) is 22.4 Å². The molecule has 0 aromatic heterocycles. The number of rotatable bonds is 6. The van der Waals surface area contributed by atoms with Gasteiger partial charge in [-0.3, -0.25) is 4.79 Å². The van der Waals surface area contributed by atoms with E-state index in [1.54, 1.807) is 0 Å². The van der Waals surface area contributed by atoms with Crippen molar-refractivity contribution >= 4 is 27.6 Å². The average molecular weight is 406 g/mol. The van der Waals surface area contributed by atoms with Crippen LogP contribution in [0, 0.1) is 5.82 Å². The summed E-state index contributed by atoms with van der Waals surface area (Å²) in [6, 6.07) is 11.0. The summed E-state index contributed by atoms with van der Waals surface area (Å²) in [7, 11) is -3.52. The van der Waals surface area contributed by atoms with Crippen LogP contribution in [0.25, 0.3) is 0 Å². The van der Waals surface area contributed by atoms with Gasteiger partial charge in [0.15, 0.2) is 6.61 Å². The van der Waals surface area contributed by atoms with Crippen LogP contribution in [0.15, 0.2) is 53.4 Å². The van der Waals surface area contributed by atoms with E-state index < -0.39 is 34.3 Å². The molecule has 1 amide bonds. The van der Waals surface area contributed by atoms with Crippen LogP contribution in [0.5, 0.6) is 0 Å². The molecule has 148 valence electrons. The first-order chi connectivity index (χ1) is 13.4. The van der Waals surface area contributed by atoms with E-state index in [1.807, 2.05) is 0 Å². The van der Waals surface area contributed by atoms with Gasteiger partial charge in [0.2, 0.25) is 10.0 Å². The molecule has 1 saturated heterocycles. The van der Waals surface area contributed by atoms with Gasteiger partial charge in [0, 0.05) is 18.8 Å². The standard InChI is InChI=1S/C19H19FN2O5S/c20-17-6-2-1-5-16(17)19(24)27-13-18(23)21-14-7-9-15(10-8-14)28(25,26)22-11-3-4-12-22/h1-2,5-10H,3-4,11-13H2,(H,21,23). The highest BCUT2D eigenvalue weighted by atomic mass is 32.2. The van der Waals surface area contributed by atoms with Gasteiger partial charge in [-0.25, -0.2) is 17.6 Å². The average Bonchev–Trinajstić information content (AvgIpc) is 3.23. The van der Waals surface area contributed by atoms with Gasteiger partial charge in [-0.1, -0.05) is 12.1 Å². The Bertz CT molecular complexity index is 970. The van der Waals surface area contributed by atoms with Gasteiger partial charge in [-0.05, 0) is 49.2 Å². The van der Waals surface area contributed by atoms with E-state index in [2.05, 4.69) is 5.32 Å². The van der Waals surface area contributed by atoms with Crippen LogP contribution >= 0.6 is 0 Å². The summed E-state index contributed by atoms with van der Waals surface area (Å²) >= 11 is 0. The molecule has 0 radical (unpaired) electrons. The molecular formula is C19H19FN2O5S. The molecule has 1 fully saturated rings. The lowest BCUT2D eigenvalue weighted by molar-refractivity contribution is -0.119. The van der Waals surface area contributed by atoms with E-state index in [-0.39, 0.29) is 10.5 Å². The molecule has 2 aromatic rings. The van der Waals surface area contributed by atoms with Crippen molar-refractivity contribution in [3.05, 3.63) is 59.9 Å². The van der Waals surface area contributed by atoms with Gasteiger partial charge < -0.3 is 10.1 Å². The second kappa shape index (κ2) is 8.49. The van der Waals surface area contributed by atoms with Gasteiger partial charge in [-0.2, -0.15) is 4.31 Å². The summed E-state index contributed by atoms with van der Waals surface area (Å²) in [5.41, 5.74) is 0.0964. The summed E-state index contributed by atoms with van der Waals surface area (Å²) < 4.78 is 44.6. The lowest BCUT2D eigenvalue weighted by atomic mass is 10.2. The first-order valence-corrected chi connectivity index (χ1v) is 10.1. The zero-order chi connectivity index (χ0) is 20.1. The number of esters is 1. The molecule has 3 rings (SSSR count). The molecule has 2 aromatic carbocycles. The van der Waals surface area contributed by atoms with Crippen LogP contribution in [0.4, 0.5) is 10.1 Å². The summed E-state index contributed by atoms with van der Waals surface area (Å²) in [6.07, 6.45) is 1.69. The molecule has 9 heteroatoms. The molecule has 0 spiro atoms. The molecule has 1 N–H and O–H groups in total. The molecule has 1 heterocycles. The monoisotopic (exact) mass is 406 g/mol. The third-order valence-electron chi connectivity index (χ3n) is 4.27. The Morgan fingerprint density at radius 2 is 1.68 bits per heavy atom. The normalized spacial score (nSPS) is 14.6. The lowest BCUT2D eigenvalue weighted by Crippen LogP contribution is -2.27. The molecule has 0 bridgehead atoms. The van der Waals surface area contributed by atoms with Crippen molar-refractivity contribution in [3.8, 4) is 0 Å². The Morgan fingerprint density at radius 1 is 1.04 bits per heavy atom. The maximum Gasteiger partial charge on any atom is 0.341 e. The lowest BCUT2D eigenvalue weighted by Gasteiger charge is -2.15. The van der Waals surface area contributed by atoms with Crippen molar-refractivity contribution in [1.29, 1.82) is 0 Å². The molecule has 28 heavy (non-hydrogen) atoms. The third kappa shape index (κ3) is 4.55. The Labute approximate surface area is 162 Å². The minimum Gasteiger partial charge on any atom is -0.452 e. The zero-order valence-corrected chi connectivity index (χ0v) is 15.7. The van der Waals surface area contributed by atoms with Gasteiger partial charge in [0.05, 0.1) is 10.5 Å². The van der Waals surface area contributed by atoms with Gasteiger partial charge >= 0.3 is 5.97 Å². The van der Waals surface area contributed by atoms with E-state index in [0.29, 0.717) is 18.8 Å². The fraction of sp³-hybridized carbons (Fsp3) is 0.263. The maximum absolute atomic E-state index is 13.5. The number of hydrogen-bond acceptors (Lipinski definition) is 5. The Balaban J connectivity index is 1.56. The Kier molecular flexibility index (Phi) is 6.05. The molecule has 0 saturated carbocycles. The number of hydrogen-bond donors (Lipinski definition) is 1. The first kappa shape index (κ1) is 20.0. The SMILES string of the molecule is O=C(COC(=O)c1ccccc1F)Nc1ccc(S(=O)(=O)N2CCCC2)cc1. The highest BCUT2D eigenvalue weighted by molar-refractivity contribution is 7.89. The van der Waals surface area contributed by atoms with E-state index in [1.165, 1.54) is 46.8 Å². The largest absolute Gasteiger partial charge is 0.452 e. The van der Waals surface area contributed by atoms with Gasteiger partial charge in [0.1, 0.15) is 5.82 Å². The molecule has 7 nitrogen and oxygen atoms in total. The second-order valence-electron chi connectivity index (χ2n) is 6.24. The van der Waals surface area contributed by atoms with Crippen molar-refractivity contribution in [2.45, 2.75) is 17.7 Å². The third-order valence-corrected chi connectivity index (χ3v) is 6.18. The van der Waals surface area contributed by atoms with Gasteiger partial charge in [-0.15, -0.1) is 0 Å². The number of halogens is 1. The number of anilines is 1. The molecular weight excluding hydrogens is 387 g/mol. The molecule has 0 unspecified atom stereocenters. The highest BCUT2D eigenvalue weighted by Gasteiger charge is 2.27. The van der Waals surface area contributed by atoms with E-state index >= 15 is 0 Å². The summed E-state index contributed by atoms with van der Waals surface area (Å²) in [5.74, 6) is -2.30. The predicted molar refractivity (Wildman–Crippen MR) is 99.7 cm³/mol. The van der Waals surface area contributed by atoms with Crippen molar-refractivity contribution in [3.63, 3.8) is 0 Å². The van der Waals surface area contributed by atoms with Crippen molar-refractivity contribution in [1.82, 2.24) is 4.31 Å². The van der Waals surface area contributed by atoms with Crippen molar-refractivity contribution < 1.29 is 27.1 Å². The second-order valence-corrected chi connectivity index (χ2v) is 8.18. The minimum atomic E-state index is -3.52. The number of carbonyl (C=O) groups is 2. The topological polar surface area (TPSA) is 92.8 Å². The number of nitrogens with zero attached hydrogens (tertiary/aromatic N) is 1. The maximum atomic E-state index is 13.5. The molecule has 1 aliphatic heterocycles. The smallest absolute Gasteiger partial charge is 0.341 e. The molecule has 0 atom stereocenters. The van der Waals surface area contributed by atoms with Crippen LogP contribution < -0.4 is 5.32 Å². The Morgan fingerprint density at radius 3 is 2.32 bits per heavy atom. The number of benzene rings is 2. The van der Waals surface area contributed by atoms with Crippen LogP contribution in [0.2, 0.25) is 0 Å². The van der Waals surface area contributed by atoms with E-state index in [4.69, 9.17) is 4.74 Å². The van der Waals surface area contributed by atoms with E-state index in [0.717, 1.165) is 18.9 Å². The van der Waals surface area contributed by atoms with Crippen molar-refractivity contribution in [2.75, 3.05) is 25.0 Å². The first-order valence-electron chi connectivity index (χ1n) is 8.69. The number of nitrogens with one attached hydrogen (secondary N) is 1. The zero-order valence-electron chi connectivity index (χ0n) is 14.9. The van der Waals surface area contributed by atoms with Crippen LogP contribution in [-0.2, 0) is 19.6 Å². The van der Waals surface area contributed by atoms with Crippen LogP contribution in [0.1, 0.15) is 23.2 Å². The van der Waals surface area contributed by atoms with Crippen molar-refractivity contribution in [2.24, 2.45) is 0 Å². The number of sulfonamides is 1. The fourth-order valence-electron chi connectivity index (χ4n) is 2.82. The van der Waals surface area contributed by atoms with Crippen LogP contribution in [-0.4, -0.2) is 44.3 Å². The predicted octanol–water partition coefficient (Wildman–Crippen LogP) is 2.41. The quantitative estimate of drug-likeness (QED) is 0.744. The van der Waals surface area contributed by atoms with Gasteiger partial charge in [0.25, 0.3) is 5.91 Å². The summed E-state index contributed by atoms with van der Waals surface area (Å²) in [4.78, 5) is 23.9. The summed E-state index contributed by atoms with van der Waals surface area (Å²) in [5, 5.41) is 2.49. The highest BCUT2D eigenvalue weighted by Crippen LogP contribution is 2.22. The number of amides is 1. The minimum absolute atomic E-state index is 0.151. The fourth-order valence-corrected chi connectivity index (χ4v) is 4.34. The summed E-state index contributed by atoms with van der Waals surface area (Å²) in [6.45, 7) is 0.420.